The Morgan fingerprint density at radius 2 is 2.00 bits per heavy atom. The Balaban J connectivity index is 2.24. The smallest absolute Gasteiger partial charge is 0.293 e. The SMILES string of the molecule is O=[N+]([O-])c1cc(Cl)c(Cl)cc1NCC1CC1. The number of nitro benzene ring substituents is 1. The highest BCUT2D eigenvalue weighted by Gasteiger charge is 2.23. The molecular formula is C10H10Cl2N2O2. The van der Waals surface area contributed by atoms with E-state index in [2.05, 4.69) is 5.32 Å². The fourth-order valence-corrected chi connectivity index (χ4v) is 1.73. The van der Waals surface area contributed by atoms with E-state index in [9.17, 15) is 10.1 Å². The molecule has 0 radical (unpaired) electrons. The maximum absolute atomic E-state index is 10.8. The molecule has 2 rings (SSSR count). The molecule has 0 unspecified atom stereocenters. The molecule has 1 N–H and O–H groups in total. The zero-order valence-electron chi connectivity index (χ0n) is 8.37. The topological polar surface area (TPSA) is 55.2 Å². The van der Waals surface area contributed by atoms with E-state index in [1.165, 1.54) is 25.0 Å². The minimum absolute atomic E-state index is 0.0324. The van der Waals surface area contributed by atoms with Crippen molar-refractivity contribution < 1.29 is 4.92 Å². The number of rotatable bonds is 4. The lowest BCUT2D eigenvalue weighted by Gasteiger charge is -2.07. The van der Waals surface area contributed by atoms with Crippen LogP contribution in [-0.2, 0) is 0 Å². The number of anilines is 1. The Kier molecular flexibility index (Phi) is 3.21. The number of hydrogen-bond acceptors (Lipinski definition) is 3. The summed E-state index contributed by atoms with van der Waals surface area (Å²) < 4.78 is 0. The third kappa shape index (κ3) is 2.57. The van der Waals surface area contributed by atoms with Gasteiger partial charge in [-0.1, -0.05) is 23.2 Å². The lowest BCUT2D eigenvalue weighted by Crippen LogP contribution is -2.05. The van der Waals surface area contributed by atoms with Crippen LogP contribution in [0.15, 0.2) is 12.1 Å². The fraction of sp³-hybridized carbons (Fsp3) is 0.400. The van der Waals surface area contributed by atoms with Gasteiger partial charge in [-0.2, -0.15) is 0 Å². The number of nitrogens with one attached hydrogen (secondary N) is 1. The van der Waals surface area contributed by atoms with Gasteiger partial charge in [-0.05, 0) is 24.8 Å². The quantitative estimate of drug-likeness (QED) is 0.663. The van der Waals surface area contributed by atoms with Crippen molar-refractivity contribution in [2.75, 3.05) is 11.9 Å². The molecular weight excluding hydrogens is 251 g/mol. The normalized spacial score (nSPS) is 14.9. The molecule has 1 aromatic rings. The molecule has 0 amide bonds. The maximum atomic E-state index is 10.8. The van der Waals surface area contributed by atoms with Crippen LogP contribution in [0, 0.1) is 16.0 Å². The van der Waals surface area contributed by atoms with Gasteiger partial charge in [0.2, 0.25) is 0 Å². The average Bonchev–Trinajstić information content (AvgIpc) is 3.02. The van der Waals surface area contributed by atoms with Gasteiger partial charge in [0.15, 0.2) is 0 Å². The molecule has 0 aromatic heterocycles. The molecule has 1 saturated carbocycles. The van der Waals surface area contributed by atoms with E-state index in [-0.39, 0.29) is 10.7 Å². The van der Waals surface area contributed by atoms with Crippen LogP contribution in [0.3, 0.4) is 0 Å². The predicted molar refractivity (Wildman–Crippen MR) is 64.3 cm³/mol. The van der Waals surface area contributed by atoms with Gasteiger partial charge in [0.25, 0.3) is 5.69 Å². The van der Waals surface area contributed by atoms with Crippen LogP contribution in [0.25, 0.3) is 0 Å². The van der Waals surface area contributed by atoms with Crippen molar-refractivity contribution in [3.8, 4) is 0 Å². The van der Waals surface area contributed by atoms with E-state index >= 15 is 0 Å². The Morgan fingerprint density at radius 3 is 2.56 bits per heavy atom. The van der Waals surface area contributed by atoms with Crippen molar-refractivity contribution in [2.24, 2.45) is 5.92 Å². The number of halogens is 2. The molecule has 1 aliphatic rings. The number of hydrogen-bond donors (Lipinski definition) is 1. The average molecular weight is 261 g/mol. The van der Waals surface area contributed by atoms with Crippen molar-refractivity contribution in [1.82, 2.24) is 0 Å². The third-order valence-electron chi connectivity index (χ3n) is 2.51. The molecule has 0 aliphatic heterocycles. The van der Waals surface area contributed by atoms with E-state index in [0.717, 1.165) is 6.54 Å². The molecule has 16 heavy (non-hydrogen) atoms. The van der Waals surface area contributed by atoms with Crippen LogP contribution in [0.4, 0.5) is 11.4 Å². The van der Waals surface area contributed by atoms with Crippen LogP contribution >= 0.6 is 23.2 Å². The largest absolute Gasteiger partial charge is 0.379 e. The summed E-state index contributed by atoms with van der Waals surface area (Å²) in [5.74, 6) is 0.633. The molecule has 0 bridgehead atoms. The zero-order chi connectivity index (χ0) is 11.7. The molecule has 86 valence electrons. The number of benzene rings is 1. The summed E-state index contributed by atoms with van der Waals surface area (Å²) in [6.45, 7) is 0.749. The van der Waals surface area contributed by atoms with Crippen molar-refractivity contribution >= 4 is 34.6 Å². The Bertz CT molecular complexity index is 433. The van der Waals surface area contributed by atoms with Crippen molar-refractivity contribution in [3.05, 3.63) is 32.3 Å². The maximum Gasteiger partial charge on any atom is 0.293 e. The van der Waals surface area contributed by atoms with Gasteiger partial charge < -0.3 is 5.32 Å². The number of nitro groups is 1. The summed E-state index contributed by atoms with van der Waals surface area (Å²) in [5.41, 5.74) is 0.404. The molecule has 6 heteroatoms. The first-order valence-corrected chi connectivity index (χ1v) is 5.71. The van der Waals surface area contributed by atoms with Gasteiger partial charge >= 0.3 is 0 Å². The highest BCUT2D eigenvalue weighted by molar-refractivity contribution is 6.42. The van der Waals surface area contributed by atoms with E-state index in [4.69, 9.17) is 23.2 Å². The van der Waals surface area contributed by atoms with Gasteiger partial charge in [-0.15, -0.1) is 0 Å². The molecule has 1 aromatic carbocycles. The van der Waals surface area contributed by atoms with Crippen LogP contribution in [0.2, 0.25) is 10.0 Å². The molecule has 1 aliphatic carbocycles. The van der Waals surface area contributed by atoms with Crippen LogP contribution in [0.5, 0.6) is 0 Å². The van der Waals surface area contributed by atoms with E-state index < -0.39 is 4.92 Å². The molecule has 0 heterocycles. The number of nitrogens with zero attached hydrogens (tertiary/aromatic N) is 1. The summed E-state index contributed by atoms with van der Waals surface area (Å²) in [6.07, 6.45) is 2.37. The van der Waals surface area contributed by atoms with Crippen molar-refractivity contribution in [2.45, 2.75) is 12.8 Å². The molecule has 0 saturated heterocycles. The summed E-state index contributed by atoms with van der Waals surface area (Å²) in [4.78, 5) is 10.3. The standard InChI is InChI=1S/C10H10Cl2N2O2/c11-7-3-9(13-5-6-1-2-6)10(14(15)16)4-8(7)12/h3-4,6,13H,1-2,5H2. The first-order valence-electron chi connectivity index (χ1n) is 4.95. The predicted octanol–water partition coefficient (Wildman–Crippen LogP) is 3.72. The van der Waals surface area contributed by atoms with Gasteiger partial charge in [0, 0.05) is 12.6 Å². The monoisotopic (exact) mass is 260 g/mol. The summed E-state index contributed by atoms with van der Waals surface area (Å²) in [5, 5.41) is 14.4. The molecule has 0 atom stereocenters. The minimum atomic E-state index is -0.461. The summed E-state index contributed by atoms with van der Waals surface area (Å²) in [7, 11) is 0. The van der Waals surface area contributed by atoms with Gasteiger partial charge in [-0.3, -0.25) is 10.1 Å². The summed E-state index contributed by atoms with van der Waals surface area (Å²) in [6, 6.07) is 2.78. The first kappa shape index (κ1) is 11.5. The van der Waals surface area contributed by atoms with Gasteiger partial charge in [0.1, 0.15) is 5.69 Å². The summed E-state index contributed by atoms with van der Waals surface area (Å²) >= 11 is 11.6. The van der Waals surface area contributed by atoms with Crippen LogP contribution < -0.4 is 5.32 Å². The second kappa shape index (κ2) is 4.47. The fourth-order valence-electron chi connectivity index (χ4n) is 1.41. The van der Waals surface area contributed by atoms with E-state index in [0.29, 0.717) is 16.6 Å². The third-order valence-corrected chi connectivity index (χ3v) is 3.24. The van der Waals surface area contributed by atoms with Crippen LogP contribution in [0.1, 0.15) is 12.8 Å². The lowest BCUT2D eigenvalue weighted by atomic mass is 10.2. The molecule has 1 fully saturated rings. The lowest BCUT2D eigenvalue weighted by molar-refractivity contribution is -0.383. The van der Waals surface area contributed by atoms with E-state index in [1.807, 2.05) is 0 Å². The van der Waals surface area contributed by atoms with Gasteiger partial charge in [0.05, 0.1) is 15.0 Å². The second-order valence-corrected chi connectivity index (χ2v) is 4.68. The molecule has 4 nitrogen and oxygen atoms in total. The highest BCUT2D eigenvalue weighted by Crippen LogP contribution is 2.35. The Labute approximate surface area is 103 Å². The minimum Gasteiger partial charge on any atom is -0.379 e. The second-order valence-electron chi connectivity index (χ2n) is 3.86. The van der Waals surface area contributed by atoms with Gasteiger partial charge in [-0.25, -0.2) is 0 Å². The van der Waals surface area contributed by atoms with Crippen molar-refractivity contribution in [3.63, 3.8) is 0 Å². The van der Waals surface area contributed by atoms with Crippen molar-refractivity contribution in [1.29, 1.82) is 0 Å². The zero-order valence-corrected chi connectivity index (χ0v) is 9.88. The first-order chi connectivity index (χ1) is 7.58. The Morgan fingerprint density at radius 1 is 1.38 bits per heavy atom. The highest BCUT2D eigenvalue weighted by atomic mass is 35.5. The van der Waals surface area contributed by atoms with E-state index in [1.54, 1.807) is 0 Å². The molecule has 0 spiro atoms. The van der Waals surface area contributed by atoms with Crippen LogP contribution in [-0.4, -0.2) is 11.5 Å². The Hall–Kier alpha value is -1.00.